The summed E-state index contributed by atoms with van der Waals surface area (Å²) in [5.41, 5.74) is 1.35. The van der Waals surface area contributed by atoms with Crippen LogP contribution in [0, 0.1) is 12.3 Å². The van der Waals surface area contributed by atoms with E-state index in [9.17, 15) is 0 Å². The van der Waals surface area contributed by atoms with Gasteiger partial charge in [-0.05, 0) is 55.2 Å². The maximum Gasteiger partial charge on any atom is 0.0514 e. The Morgan fingerprint density at radius 2 is 1.65 bits per heavy atom. The number of hydrogen-bond donors (Lipinski definition) is 0. The molecule has 0 aliphatic carbocycles. The predicted octanol–water partition coefficient (Wildman–Crippen LogP) is 6.45. The highest BCUT2D eigenvalue weighted by Crippen LogP contribution is 2.18. The first-order valence-corrected chi connectivity index (χ1v) is 8.36. The fourth-order valence-corrected chi connectivity index (χ4v) is 1.67. The number of halogens is 2. The fraction of sp³-hybridized carbons (Fsp3) is 0.421. The summed E-state index contributed by atoms with van der Waals surface area (Å²) in [6.07, 6.45) is 3.50. The number of ether oxygens (including phenoxy) is 1. The maximum absolute atomic E-state index is 5.72. The van der Waals surface area contributed by atoms with E-state index in [4.69, 9.17) is 27.9 Å². The second-order valence-corrected chi connectivity index (χ2v) is 6.96. The van der Waals surface area contributed by atoms with Gasteiger partial charge in [0, 0.05) is 29.0 Å². The van der Waals surface area contributed by atoms with Gasteiger partial charge in [0.1, 0.15) is 0 Å². The molecule has 0 aliphatic heterocycles. The van der Waals surface area contributed by atoms with Crippen molar-refractivity contribution in [3.8, 4) is 0 Å². The number of pyridine rings is 1. The van der Waals surface area contributed by atoms with E-state index in [1.807, 2.05) is 38.1 Å². The van der Waals surface area contributed by atoms with Gasteiger partial charge in [0.15, 0.2) is 0 Å². The third kappa shape index (κ3) is 14.2. The summed E-state index contributed by atoms with van der Waals surface area (Å²) in [4.78, 5) is 3.78. The van der Waals surface area contributed by atoms with Crippen LogP contribution >= 0.6 is 23.2 Å². The Hall–Kier alpha value is -1.09. The molecule has 0 bridgehead atoms. The highest BCUT2D eigenvalue weighted by Gasteiger charge is 2.08. The molecule has 4 heteroatoms. The summed E-state index contributed by atoms with van der Waals surface area (Å²) < 4.78 is 5.20. The van der Waals surface area contributed by atoms with Crippen LogP contribution in [-0.2, 0) is 4.74 Å². The average Bonchev–Trinajstić information content (AvgIpc) is 2.51. The zero-order valence-corrected chi connectivity index (χ0v) is 16.2. The van der Waals surface area contributed by atoms with Crippen molar-refractivity contribution in [3.05, 3.63) is 64.4 Å². The Labute approximate surface area is 150 Å². The zero-order chi connectivity index (χ0) is 17.7. The van der Waals surface area contributed by atoms with Gasteiger partial charge in [0.2, 0.25) is 0 Å². The average molecular weight is 356 g/mol. The van der Waals surface area contributed by atoms with E-state index in [1.54, 1.807) is 24.5 Å². The monoisotopic (exact) mass is 355 g/mol. The van der Waals surface area contributed by atoms with Crippen LogP contribution in [0.4, 0.5) is 0 Å². The SMILES string of the molecule is CCOCC(C)(C)C.Cc1cc(Cl)ccc1Cl.c1ccncc1. The lowest BCUT2D eigenvalue weighted by atomic mass is 9.99. The Morgan fingerprint density at radius 3 is 1.91 bits per heavy atom. The number of nitrogens with zero attached hydrogens (tertiary/aromatic N) is 1. The molecule has 0 amide bonds. The first-order chi connectivity index (χ1) is 10.8. The lowest BCUT2D eigenvalue weighted by molar-refractivity contribution is 0.0805. The quantitative estimate of drug-likeness (QED) is 0.617. The van der Waals surface area contributed by atoms with E-state index < -0.39 is 0 Å². The summed E-state index contributed by atoms with van der Waals surface area (Å²) >= 11 is 11.4. The van der Waals surface area contributed by atoms with Crippen molar-refractivity contribution < 1.29 is 4.74 Å². The summed E-state index contributed by atoms with van der Waals surface area (Å²) in [5, 5.41) is 1.50. The molecule has 0 aliphatic rings. The molecular weight excluding hydrogens is 329 g/mol. The van der Waals surface area contributed by atoms with Crippen LogP contribution in [0.2, 0.25) is 10.0 Å². The van der Waals surface area contributed by atoms with Crippen LogP contribution in [0.3, 0.4) is 0 Å². The summed E-state index contributed by atoms with van der Waals surface area (Å²) in [5.74, 6) is 0. The predicted molar refractivity (Wildman–Crippen MR) is 101 cm³/mol. The molecule has 0 saturated carbocycles. The topological polar surface area (TPSA) is 22.1 Å². The zero-order valence-electron chi connectivity index (χ0n) is 14.6. The number of hydrogen-bond acceptors (Lipinski definition) is 2. The molecule has 0 atom stereocenters. The van der Waals surface area contributed by atoms with Crippen LogP contribution in [0.5, 0.6) is 0 Å². The van der Waals surface area contributed by atoms with E-state index in [-0.39, 0.29) is 0 Å². The first-order valence-electron chi connectivity index (χ1n) is 7.60. The van der Waals surface area contributed by atoms with Crippen molar-refractivity contribution in [2.75, 3.05) is 13.2 Å². The minimum atomic E-state index is 0.329. The third-order valence-corrected chi connectivity index (χ3v) is 3.08. The Balaban J connectivity index is 0.000000322. The standard InChI is InChI=1S/C7H6Cl2.C7H16O.C5H5N/c1-5-4-6(8)2-3-7(5)9;1-5-8-6-7(2,3)4;1-2-4-6-5-3-1/h2-4H,1H3;5-6H2,1-4H3;1-5H. The lowest BCUT2D eigenvalue weighted by Crippen LogP contribution is -2.14. The minimum absolute atomic E-state index is 0.329. The van der Waals surface area contributed by atoms with Gasteiger partial charge in [-0.1, -0.05) is 50.0 Å². The van der Waals surface area contributed by atoms with Gasteiger partial charge < -0.3 is 4.74 Å². The molecule has 1 heterocycles. The van der Waals surface area contributed by atoms with Gasteiger partial charge in [-0.25, -0.2) is 0 Å². The molecule has 0 saturated heterocycles. The van der Waals surface area contributed by atoms with Gasteiger partial charge in [0.25, 0.3) is 0 Å². The molecule has 23 heavy (non-hydrogen) atoms. The van der Waals surface area contributed by atoms with Crippen molar-refractivity contribution in [2.45, 2.75) is 34.6 Å². The molecule has 0 radical (unpaired) electrons. The van der Waals surface area contributed by atoms with E-state index in [0.29, 0.717) is 5.41 Å². The summed E-state index contributed by atoms with van der Waals surface area (Å²) in [7, 11) is 0. The van der Waals surface area contributed by atoms with E-state index >= 15 is 0 Å². The van der Waals surface area contributed by atoms with Crippen LogP contribution in [0.25, 0.3) is 0 Å². The van der Waals surface area contributed by atoms with Crippen LogP contribution in [-0.4, -0.2) is 18.2 Å². The molecule has 0 spiro atoms. The highest BCUT2D eigenvalue weighted by molar-refractivity contribution is 6.33. The second-order valence-electron chi connectivity index (χ2n) is 6.12. The number of aryl methyl sites for hydroxylation is 1. The molecule has 128 valence electrons. The van der Waals surface area contributed by atoms with Gasteiger partial charge >= 0.3 is 0 Å². The molecular formula is C19H27Cl2NO. The smallest absolute Gasteiger partial charge is 0.0514 e. The van der Waals surface area contributed by atoms with Crippen molar-refractivity contribution >= 4 is 23.2 Å². The summed E-state index contributed by atoms with van der Waals surface area (Å²) in [6, 6.07) is 11.1. The van der Waals surface area contributed by atoms with Gasteiger partial charge in [0.05, 0.1) is 6.61 Å². The molecule has 0 unspecified atom stereocenters. The van der Waals surface area contributed by atoms with E-state index in [2.05, 4.69) is 25.8 Å². The molecule has 0 N–H and O–H groups in total. The van der Waals surface area contributed by atoms with Crippen LogP contribution in [0.15, 0.2) is 48.8 Å². The van der Waals surface area contributed by atoms with Crippen molar-refractivity contribution in [1.82, 2.24) is 4.98 Å². The Kier molecular flexibility index (Phi) is 11.8. The van der Waals surface area contributed by atoms with E-state index in [0.717, 1.165) is 28.8 Å². The number of aromatic nitrogens is 1. The Bertz CT molecular complexity index is 498. The maximum atomic E-state index is 5.72. The first kappa shape index (κ1) is 21.9. The molecule has 1 aromatic carbocycles. The van der Waals surface area contributed by atoms with Gasteiger partial charge in [-0.3, -0.25) is 4.98 Å². The van der Waals surface area contributed by atoms with Crippen molar-refractivity contribution in [1.29, 1.82) is 0 Å². The second kappa shape index (κ2) is 12.3. The van der Waals surface area contributed by atoms with Gasteiger partial charge in [-0.15, -0.1) is 0 Å². The molecule has 1 aromatic heterocycles. The number of benzene rings is 1. The van der Waals surface area contributed by atoms with Crippen molar-refractivity contribution in [3.63, 3.8) is 0 Å². The summed E-state index contributed by atoms with van der Waals surface area (Å²) in [6.45, 7) is 12.1. The molecule has 2 nitrogen and oxygen atoms in total. The molecule has 2 rings (SSSR count). The van der Waals surface area contributed by atoms with Crippen LogP contribution < -0.4 is 0 Å². The molecule has 2 aromatic rings. The fourth-order valence-electron chi connectivity index (χ4n) is 1.33. The van der Waals surface area contributed by atoms with Gasteiger partial charge in [-0.2, -0.15) is 0 Å². The lowest BCUT2D eigenvalue weighted by Gasteiger charge is -2.16. The minimum Gasteiger partial charge on any atom is -0.381 e. The normalized spacial score (nSPS) is 10.0. The van der Waals surface area contributed by atoms with Crippen molar-refractivity contribution in [2.24, 2.45) is 5.41 Å². The largest absolute Gasteiger partial charge is 0.381 e. The molecule has 0 fully saturated rings. The van der Waals surface area contributed by atoms with E-state index in [1.165, 1.54) is 0 Å². The number of rotatable bonds is 2. The Morgan fingerprint density at radius 1 is 1.04 bits per heavy atom. The van der Waals surface area contributed by atoms with Crippen LogP contribution in [0.1, 0.15) is 33.3 Å². The highest BCUT2D eigenvalue weighted by atomic mass is 35.5. The third-order valence-electron chi connectivity index (χ3n) is 2.43.